The number of pyridine rings is 1. The summed E-state index contributed by atoms with van der Waals surface area (Å²) in [6.45, 7) is 0.503. The maximum Gasteiger partial charge on any atom is 0.340 e. The van der Waals surface area contributed by atoms with Crippen LogP contribution in [0.4, 0.5) is 17.6 Å². The van der Waals surface area contributed by atoms with E-state index < -0.39 is 19.0 Å². The maximum absolute atomic E-state index is 12.8. The number of alkyl halides is 4. The second-order valence-corrected chi connectivity index (χ2v) is 5.15. The predicted octanol–water partition coefficient (Wildman–Crippen LogP) is 2.98. The topological polar surface area (TPSA) is 73.1 Å². The van der Waals surface area contributed by atoms with Gasteiger partial charge in [-0.3, -0.25) is 0 Å². The number of hydrogen-bond acceptors (Lipinski definition) is 6. The molecule has 0 radical (unpaired) electrons. The van der Waals surface area contributed by atoms with Crippen LogP contribution >= 0.6 is 12.4 Å². The van der Waals surface area contributed by atoms with Gasteiger partial charge in [-0.1, -0.05) is 5.16 Å². The number of ether oxygens (including phenoxy) is 1. The Morgan fingerprint density at radius 3 is 2.60 bits per heavy atom. The number of nitrogens with one attached hydrogen (secondary N) is 1. The van der Waals surface area contributed by atoms with E-state index in [0.29, 0.717) is 17.8 Å². The standard InChI is InChI=1S/C14H16F4N4O2.ClH/c1-8(19-2)5-10-21-12(24-22-10)9-3-4-11(20-6-9)23-7-14(17,18)13(15)16;/h3-4,6,8,13,19H,5,7H2,1-2H3;1H. The zero-order valence-electron chi connectivity index (χ0n) is 13.4. The quantitative estimate of drug-likeness (QED) is 0.705. The van der Waals surface area contributed by atoms with Crippen molar-refractivity contribution in [2.45, 2.75) is 31.7 Å². The van der Waals surface area contributed by atoms with Gasteiger partial charge in [-0.15, -0.1) is 12.4 Å². The minimum absolute atomic E-state index is 0. The van der Waals surface area contributed by atoms with Gasteiger partial charge in [0, 0.05) is 24.7 Å². The number of nitrogens with zero attached hydrogens (tertiary/aromatic N) is 3. The van der Waals surface area contributed by atoms with Gasteiger partial charge >= 0.3 is 12.3 Å². The summed E-state index contributed by atoms with van der Waals surface area (Å²) in [7, 11) is 1.81. The van der Waals surface area contributed by atoms with Crippen LogP contribution in [0.2, 0.25) is 0 Å². The molecular formula is C14H17ClF4N4O2. The fourth-order valence-electron chi connectivity index (χ4n) is 1.66. The van der Waals surface area contributed by atoms with Gasteiger partial charge in [0.25, 0.3) is 5.89 Å². The van der Waals surface area contributed by atoms with E-state index in [4.69, 9.17) is 4.52 Å². The Kier molecular flexibility index (Phi) is 7.56. The monoisotopic (exact) mass is 384 g/mol. The largest absolute Gasteiger partial charge is 0.471 e. The summed E-state index contributed by atoms with van der Waals surface area (Å²) in [5.74, 6) is -3.72. The molecule has 0 amide bonds. The molecule has 0 aliphatic carbocycles. The molecule has 1 N–H and O–H groups in total. The molecule has 0 spiro atoms. The smallest absolute Gasteiger partial charge is 0.340 e. The molecule has 0 aliphatic heterocycles. The van der Waals surface area contributed by atoms with Gasteiger partial charge in [-0.05, 0) is 20.0 Å². The third kappa shape index (κ3) is 5.82. The summed E-state index contributed by atoms with van der Waals surface area (Å²) in [5, 5.41) is 6.86. The second-order valence-electron chi connectivity index (χ2n) is 5.15. The van der Waals surface area contributed by atoms with Gasteiger partial charge < -0.3 is 14.6 Å². The summed E-state index contributed by atoms with van der Waals surface area (Å²) >= 11 is 0. The van der Waals surface area contributed by atoms with Gasteiger partial charge in [0.1, 0.15) is 0 Å². The molecule has 1 unspecified atom stereocenters. The molecule has 0 aromatic carbocycles. The van der Waals surface area contributed by atoms with Crippen molar-refractivity contribution in [1.82, 2.24) is 20.4 Å². The molecule has 0 fully saturated rings. The van der Waals surface area contributed by atoms with Crippen LogP contribution < -0.4 is 10.1 Å². The average molecular weight is 385 g/mol. The Bertz CT molecular complexity index is 655. The summed E-state index contributed by atoms with van der Waals surface area (Å²) < 4.78 is 59.3. The molecule has 2 heterocycles. The molecule has 140 valence electrons. The first-order valence-electron chi connectivity index (χ1n) is 7.07. The fourth-order valence-corrected chi connectivity index (χ4v) is 1.66. The van der Waals surface area contributed by atoms with Gasteiger partial charge in [-0.2, -0.15) is 13.8 Å². The molecule has 1 atom stereocenters. The van der Waals surface area contributed by atoms with Crippen LogP contribution in [0.15, 0.2) is 22.9 Å². The van der Waals surface area contributed by atoms with Gasteiger partial charge in [-0.25, -0.2) is 13.8 Å². The first kappa shape index (κ1) is 21.1. The van der Waals surface area contributed by atoms with Crippen molar-refractivity contribution in [1.29, 1.82) is 0 Å². The molecular weight excluding hydrogens is 368 g/mol. The number of hydrogen-bond donors (Lipinski definition) is 1. The molecule has 0 aliphatic rings. The Morgan fingerprint density at radius 1 is 1.32 bits per heavy atom. The Labute approximate surface area is 147 Å². The van der Waals surface area contributed by atoms with Crippen molar-refractivity contribution in [2.75, 3.05) is 13.7 Å². The highest BCUT2D eigenvalue weighted by molar-refractivity contribution is 5.85. The van der Waals surface area contributed by atoms with Crippen molar-refractivity contribution in [3.63, 3.8) is 0 Å². The van der Waals surface area contributed by atoms with Crippen LogP contribution in [0.25, 0.3) is 11.5 Å². The lowest BCUT2D eigenvalue weighted by Crippen LogP contribution is -2.33. The fraction of sp³-hybridized carbons (Fsp3) is 0.500. The van der Waals surface area contributed by atoms with Crippen molar-refractivity contribution in [3.8, 4) is 17.3 Å². The van der Waals surface area contributed by atoms with Crippen LogP contribution in [0.5, 0.6) is 5.88 Å². The zero-order chi connectivity index (χ0) is 17.7. The number of halogens is 5. The molecule has 25 heavy (non-hydrogen) atoms. The Morgan fingerprint density at radius 2 is 2.04 bits per heavy atom. The molecule has 2 aromatic rings. The highest BCUT2D eigenvalue weighted by Gasteiger charge is 2.41. The van der Waals surface area contributed by atoms with Gasteiger partial charge in [0.05, 0.1) is 5.56 Å². The molecule has 0 saturated carbocycles. The third-order valence-corrected chi connectivity index (χ3v) is 3.16. The molecule has 2 aromatic heterocycles. The van der Waals surface area contributed by atoms with Crippen molar-refractivity contribution < 1.29 is 26.8 Å². The summed E-state index contributed by atoms with van der Waals surface area (Å²) in [4.78, 5) is 7.95. The summed E-state index contributed by atoms with van der Waals surface area (Å²) in [6.07, 6.45) is -1.96. The van der Waals surface area contributed by atoms with E-state index in [0.717, 1.165) is 0 Å². The lowest BCUT2D eigenvalue weighted by molar-refractivity contribution is -0.148. The van der Waals surface area contributed by atoms with E-state index in [-0.39, 0.29) is 30.2 Å². The normalized spacial score (nSPS) is 12.8. The van der Waals surface area contributed by atoms with E-state index in [1.165, 1.54) is 18.3 Å². The summed E-state index contributed by atoms with van der Waals surface area (Å²) in [5.41, 5.74) is 0.457. The van der Waals surface area contributed by atoms with Gasteiger partial charge in [0.2, 0.25) is 5.88 Å². The van der Waals surface area contributed by atoms with Crippen LogP contribution in [0.3, 0.4) is 0 Å². The lowest BCUT2D eigenvalue weighted by Gasteiger charge is -2.15. The van der Waals surface area contributed by atoms with Crippen molar-refractivity contribution >= 4 is 12.4 Å². The minimum atomic E-state index is -4.23. The number of likely N-dealkylation sites (N-methyl/N-ethyl adjacent to an activating group) is 1. The first-order chi connectivity index (χ1) is 11.3. The predicted molar refractivity (Wildman–Crippen MR) is 83.4 cm³/mol. The third-order valence-electron chi connectivity index (χ3n) is 3.16. The zero-order valence-corrected chi connectivity index (χ0v) is 14.2. The molecule has 11 heteroatoms. The van der Waals surface area contributed by atoms with Crippen LogP contribution in [0.1, 0.15) is 12.7 Å². The number of rotatable bonds is 8. The van der Waals surface area contributed by atoms with Crippen molar-refractivity contribution in [3.05, 3.63) is 24.2 Å². The number of aromatic nitrogens is 3. The highest BCUT2D eigenvalue weighted by atomic mass is 35.5. The Hall–Kier alpha value is -1.94. The SMILES string of the molecule is CNC(C)Cc1noc(-c2ccc(OCC(F)(F)C(F)F)nc2)n1.Cl. The lowest BCUT2D eigenvalue weighted by atomic mass is 10.2. The molecule has 0 bridgehead atoms. The Balaban J connectivity index is 0.00000312. The van der Waals surface area contributed by atoms with Crippen molar-refractivity contribution in [2.24, 2.45) is 0 Å². The van der Waals surface area contributed by atoms with Crippen LogP contribution in [-0.4, -0.2) is 47.2 Å². The highest BCUT2D eigenvalue weighted by Crippen LogP contribution is 2.24. The van der Waals surface area contributed by atoms with E-state index in [1.54, 1.807) is 0 Å². The maximum atomic E-state index is 12.8. The summed E-state index contributed by atoms with van der Waals surface area (Å²) in [6, 6.07) is 2.89. The second kappa shape index (κ2) is 8.95. The molecule has 0 saturated heterocycles. The minimum Gasteiger partial charge on any atom is -0.471 e. The average Bonchev–Trinajstić information content (AvgIpc) is 3.01. The van der Waals surface area contributed by atoms with E-state index in [9.17, 15) is 17.6 Å². The van der Waals surface area contributed by atoms with E-state index in [2.05, 4.69) is 25.2 Å². The van der Waals surface area contributed by atoms with Gasteiger partial charge in [0.15, 0.2) is 12.4 Å². The van der Waals surface area contributed by atoms with Crippen LogP contribution in [0, 0.1) is 0 Å². The first-order valence-corrected chi connectivity index (χ1v) is 7.07. The molecule has 6 nitrogen and oxygen atoms in total. The van der Waals surface area contributed by atoms with E-state index >= 15 is 0 Å². The molecule has 2 rings (SSSR count). The van der Waals surface area contributed by atoms with Crippen LogP contribution in [-0.2, 0) is 6.42 Å². The van der Waals surface area contributed by atoms with E-state index in [1.807, 2.05) is 14.0 Å².